The molecule has 41 heavy (non-hydrogen) atoms. The molecule has 1 aliphatic rings. The van der Waals surface area contributed by atoms with Crippen LogP contribution >= 0.6 is 0 Å². The van der Waals surface area contributed by atoms with E-state index < -0.39 is 41.3 Å². The Bertz CT molecular complexity index is 1050. The van der Waals surface area contributed by atoms with E-state index in [-0.39, 0.29) is 38.7 Å². The lowest BCUT2D eigenvalue weighted by atomic mass is 10.0. The zero-order valence-corrected chi connectivity index (χ0v) is 25.0. The first-order valence-electron chi connectivity index (χ1n) is 13.9. The third kappa shape index (κ3) is 12.9. The Morgan fingerprint density at radius 1 is 0.878 bits per heavy atom. The molecule has 1 fully saturated rings. The number of nitrogens with one attached hydrogen (secondary N) is 2. The van der Waals surface area contributed by atoms with Gasteiger partial charge in [-0.3, -0.25) is 14.4 Å². The number of esters is 1. The van der Waals surface area contributed by atoms with Crippen LogP contribution in [0.5, 0.6) is 0 Å². The summed E-state index contributed by atoms with van der Waals surface area (Å²) in [6.07, 6.45) is 0.0899. The number of unbranched alkanes of at least 4 members (excludes halogenated alkanes) is 1. The van der Waals surface area contributed by atoms with E-state index >= 15 is 0 Å². The van der Waals surface area contributed by atoms with E-state index in [0.717, 1.165) is 5.56 Å². The largest absolute Gasteiger partial charge is 0.459 e. The smallest absolute Gasteiger partial charge is 0.407 e. The molecule has 0 radical (unpaired) electrons. The second kappa shape index (κ2) is 15.2. The van der Waals surface area contributed by atoms with E-state index in [9.17, 15) is 24.0 Å². The molecule has 0 aromatic heterocycles. The molecule has 4 amide bonds. The number of carbonyl (C=O) groups excluding carboxylic acids is 5. The average Bonchev–Trinajstić information content (AvgIpc) is 2.86. The van der Waals surface area contributed by atoms with Gasteiger partial charge in [0.25, 0.3) is 0 Å². The summed E-state index contributed by atoms with van der Waals surface area (Å²) >= 11 is 0. The lowest BCUT2D eigenvalue weighted by Crippen LogP contribution is -2.61. The quantitative estimate of drug-likeness (QED) is 0.233. The van der Waals surface area contributed by atoms with Gasteiger partial charge in [0.15, 0.2) is 0 Å². The van der Waals surface area contributed by atoms with E-state index in [1.165, 1.54) is 9.80 Å². The Morgan fingerprint density at radius 3 is 2.17 bits per heavy atom. The third-order valence-electron chi connectivity index (χ3n) is 5.81. The lowest BCUT2D eigenvalue weighted by molar-refractivity contribution is -0.163. The van der Waals surface area contributed by atoms with Crippen LogP contribution in [0.15, 0.2) is 30.3 Å². The van der Waals surface area contributed by atoms with Crippen molar-refractivity contribution in [2.24, 2.45) is 0 Å². The van der Waals surface area contributed by atoms with Crippen molar-refractivity contribution in [1.82, 2.24) is 20.4 Å². The molecule has 0 aliphatic carbocycles. The first-order valence-corrected chi connectivity index (χ1v) is 13.9. The van der Waals surface area contributed by atoms with Crippen molar-refractivity contribution in [3.8, 4) is 0 Å². The number of amides is 4. The van der Waals surface area contributed by atoms with Gasteiger partial charge in [0.05, 0.1) is 0 Å². The van der Waals surface area contributed by atoms with Gasteiger partial charge >= 0.3 is 18.2 Å². The molecular weight excluding hydrogens is 532 g/mol. The van der Waals surface area contributed by atoms with Crippen molar-refractivity contribution in [3.63, 3.8) is 0 Å². The Labute approximate surface area is 242 Å². The van der Waals surface area contributed by atoms with Crippen LogP contribution in [0.25, 0.3) is 0 Å². The first-order chi connectivity index (χ1) is 19.1. The molecule has 0 bridgehead atoms. The van der Waals surface area contributed by atoms with Gasteiger partial charge in [-0.1, -0.05) is 30.3 Å². The van der Waals surface area contributed by atoms with Gasteiger partial charge in [-0.15, -0.1) is 0 Å². The molecule has 1 aromatic carbocycles. The van der Waals surface area contributed by atoms with Crippen LogP contribution < -0.4 is 10.6 Å². The molecule has 1 atom stereocenters. The Morgan fingerprint density at radius 2 is 1.54 bits per heavy atom. The van der Waals surface area contributed by atoms with Crippen molar-refractivity contribution < 1.29 is 38.2 Å². The highest BCUT2D eigenvalue weighted by Crippen LogP contribution is 2.18. The molecular formula is C29H44N4O8. The Hall–Kier alpha value is -3.83. The molecule has 2 rings (SSSR count). The predicted octanol–water partition coefficient (Wildman–Crippen LogP) is 2.99. The summed E-state index contributed by atoms with van der Waals surface area (Å²) < 4.78 is 15.7. The number of rotatable bonds is 11. The standard InChI is InChI=1S/C29H44N4O8/c1-28(2,3)40-24(35)19-32-16-17-33(23(34)18-31-26(37)39-20-21-12-8-7-9-13-21)22(25(32)36)14-10-11-15-30-27(38)41-29(4,5)6/h7-9,12-13,22H,10-11,14-20H2,1-6H3,(H,30,38)(H,31,37)/t22-/m0/s1. The molecule has 12 heteroatoms. The Kier molecular flexibility index (Phi) is 12.4. The van der Waals surface area contributed by atoms with Gasteiger partial charge < -0.3 is 34.6 Å². The summed E-state index contributed by atoms with van der Waals surface area (Å²) in [6.45, 7) is 10.7. The van der Waals surface area contributed by atoms with Crippen LogP contribution in [0.2, 0.25) is 0 Å². The third-order valence-corrected chi connectivity index (χ3v) is 5.81. The maximum Gasteiger partial charge on any atom is 0.407 e. The molecule has 12 nitrogen and oxygen atoms in total. The molecule has 228 valence electrons. The van der Waals surface area contributed by atoms with E-state index in [1.807, 2.05) is 30.3 Å². The highest BCUT2D eigenvalue weighted by atomic mass is 16.6. The number of ether oxygens (including phenoxy) is 3. The summed E-state index contributed by atoms with van der Waals surface area (Å²) in [5.74, 6) is -1.35. The van der Waals surface area contributed by atoms with Gasteiger partial charge in [0.2, 0.25) is 11.8 Å². The zero-order chi connectivity index (χ0) is 30.6. The SMILES string of the molecule is CC(C)(C)OC(=O)CN1CCN(C(=O)CNC(=O)OCc2ccccc2)[C@@H](CCCCNC(=O)OC(C)(C)C)C1=O. The molecule has 0 saturated carbocycles. The maximum absolute atomic E-state index is 13.4. The minimum absolute atomic E-state index is 0.0582. The van der Waals surface area contributed by atoms with Gasteiger partial charge in [-0.25, -0.2) is 9.59 Å². The van der Waals surface area contributed by atoms with Gasteiger partial charge in [-0.05, 0) is 66.4 Å². The minimum Gasteiger partial charge on any atom is -0.459 e. The van der Waals surface area contributed by atoms with Crippen LogP contribution in [0.1, 0.15) is 66.4 Å². The van der Waals surface area contributed by atoms with Gasteiger partial charge in [-0.2, -0.15) is 0 Å². The summed E-state index contributed by atoms with van der Waals surface area (Å²) in [7, 11) is 0. The van der Waals surface area contributed by atoms with Crippen molar-refractivity contribution in [2.75, 3.05) is 32.7 Å². The van der Waals surface area contributed by atoms with Crippen LogP contribution in [0.4, 0.5) is 9.59 Å². The number of hydrogen-bond acceptors (Lipinski definition) is 8. The molecule has 2 N–H and O–H groups in total. The van der Waals surface area contributed by atoms with Crippen molar-refractivity contribution in [3.05, 3.63) is 35.9 Å². The lowest BCUT2D eigenvalue weighted by Gasteiger charge is -2.40. The van der Waals surface area contributed by atoms with Crippen LogP contribution in [-0.2, 0) is 35.2 Å². The average molecular weight is 577 g/mol. The highest BCUT2D eigenvalue weighted by molar-refractivity contribution is 5.92. The molecule has 1 heterocycles. The van der Waals surface area contributed by atoms with Crippen LogP contribution in [0, 0.1) is 0 Å². The number of alkyl carbamates (subject to hydrolysis) is 2. The van der Waals surface area contributed by atoms with Gasteiger partial charge in [0.1, 0.15) is 36.9 Å². The number of piperazine rings is 1. The summed E-state index contributed by atoms with van der Waals surface area (Å²) in [5, 5.41) is 5.12. The summed E-state index contributed by atoms with van der Waals surface area (Å²) in [5.41, 5.74) is -0.500. The number of benzene rings is 1. The Balaban J connectivity index is 1.95. The number of nitrogens with zero attached hydrogens (tertiary/aromatic N) is 2. The maximum atomic E-state index is 13.4. The van der Waals surface area contributed by atoms with E-state index in [2.05, 4.69) is 10.6 Å². The van der Waals surface area contributed by atoms with E-state index in [1.54, 1.807) is 41.5 Å². The molecule has 0 spiro atoms. The number of hydrogen-bond donors (Lipinski definition) is 2. The minimum atomic E-state index is -0.831. The second-order valence-electron chi connectivity index (χ2n) is 11.8. The summed E-state index contributed by atoms with van der Waals surface area (Å²) in [4.78, 5) is 65.7. The van der Waals surface area contributed by atoms with E-state index in [4.69, 9.17) is 14.2 Å². The normalized spacial score (nSPS) is 15.7. The van der Waals surface area contributed by atoms with Crippen LogP contribution in [-0.4, -0.2) is 89.7 Å². The first kappa shape index (κ1) is 33.4. The molecule has 1 saturated heterocycles. The fourth-order valence-electron chi connectivity index (χ4n) is 4.09. The fraction of sp³-hybridized carbons (Fsp3) is 0.621. The number of carbonyl (C=O) groups is 5. The summed E-state index contributed by atoms with van der Waals surface area (Å²) in [6, 6.07) is 8.30. The van der Waals surface area contributed by atoms with Crippen molar-refractivity contribution in [1.29, 1.82) is 0 Å². The van der Waals surface area contributed by atoms with Crippen molar-refractivity contribution in [2.45, 2.75) is 84.7 Å². The molecule has 1 aromatic rings. The predicted molar refractivity (Wildman–Crippen MR) is 151 cm³/mol. The van der Waals surface area contributed by atoms with E-state index in [0.29, 0.717) is 25.8 Å². The zero-order valence-electron chi connectivity index (χ0n) is 25.0. The van der Waals surface area contributed by atoms with Crippen molar-refractivity contribution >= 4 is 30.0 Å². The second-order valence-corrected chi connectivity index (χ2v) is 11.8. The van der Waals surface area contributed by atoms with Crippen LogP contribution in [0.3, 0.4) is 0 Å². The van der Waals surface area contributed by atoms with Gasteiger partial charge in [0, 0.05) is 19.6 Å². The topological polar surface area (TPSA) is 144 Å². The highest BCUT2D eigenvalue weighted by Gasteiger charge is 2.38. The fourth-order valence-corrected chi connectivity index (χ4v) is 4.09. The monoisotopic (exact) mass is 576 g/mol. The molecule has 0 unspecified atom stereocenters. The molecule has 1 aliphatic heterocycles.